The lowest BCUT2D eigenvalue weighted by molar-refractivity contribution is 0.207. The monoisotopic (exact) mass is 436 g/mol. The van der Waals surface area contributed by atoms with E-state index >= 15 is 0 Å². The van der Waals surface area contributed by atoms with Gasteiger partial charge in [0.1, 0.15) is 5.37 Å². The van der Waals surface area contributed by atoms with E-state index in [2.05, 4.69) is 28.1 Å². The summed E-state index contributed by atoms with van der Waals surface area (Å²) in [4.78, 5) is 4.45. The van der Waals surface area contributed by atoms with Crippen molar-refractivity contribution in [3.63, 3.8) is 0 Å². The number of rotatable bonds is 3. The third-order valence-electron chi connectivity index (χ3n) is 4.02. The first-order valence-electron chi connectivity index (χ1n) is 8.56. The molecule has 1 aromatic heterocycles. The van der Waals surface area contributed by atoms with Crippen LogP contribution in [0.4, 0.5) is 5.69 Å². The van der Waals surface area contributed by atoms with E-state index in [1.54, 1.807) is 11.3 Å². The average molecular weight is 437 g/mol. The first kappa shape index (κ1) is 20.5. The number of halogens is 1. The molecule has 0 unspecified atom stereocenters. The predicted octanol–water partition coefficient (Wildman–Crippen LogP) is 5.22. The van der Waals surface area contributed by atoms with Crippen molar-refractivity contribution in [2.45, 2.75) is 19.2 Å². The van der Waals surface area contributed by atoms with Crippen LogP contribution in [0.5, 0.6) is 0 Å². The van der Waals surface area contributed by atoms with Gasteiger partial charge >= 0.3 is 0 Å². The fourth-order valence-electron chi connectivity index (χ4n) is 2.50. The highest BCUT2D eigenvalue weighted by molar-refractivity contribution is 7.99. The molecule has 3 rings (SSSR count). The Morgan fingerprint density at radius 3 is 2.96 bits per heavy atom. The van der Waals surface area contributed by atoms with E-state index in [9.17, 15) is 5.11 Å². The quantitative estimate of drug-likeness (QED) is 0.509. The van der Waals surface area contributed by atoms with Gasteiger partial charge in [0.2, 0.25) is 0 Å². The Morgan fingerprint density at radius 1 is 1.41 bits per heavy atom. The zero-order valence-corrected chi connectivity index (χ0v) is 18.4. The minimum Gasteiger partial charge on any atom is -0.395 e. The van der Waals surface area contributed by atoms with Crippen molar-refractivity contribution in [1.29, 1.82) is 0 Å². The summed E-state index contributed by atoms with van der Waals surface area (Å²) < 4.78 is 0. The van der Waals surface area contributed by atoms with Crippen LogP contribution in [0.25, 0.3) is 0 Å². The van der Waals surface area contributed by atoms with Gasteiger partial charge in [-0.05, 0) is 56.4 Å². The number of hydrogen-bond acceptors (Lipinski definition) is 4. The molecule has 27 heavy (non-hydrogen) atoms. The van der Waals surface area contributed by atoms with Gasteiger partial charge in [-0.2, -0.15) is 0 Å². The molecule has 1 aliphatic heterocycles. The summed E-state index contributed by atoms with van der Waals surface area (Å²) in [7, 11) is 0. The van der Waals surface area contributed by atoms with Gasteiger partial charge in [-0.15, -0.1) is 23.1 Å². The maximum absolute atomic E-state index is 9.35. The Hall–Kier alpha value is -1.23. The third-order valence-corrected chi connectivity index (χ3v) is 7.03. The summed E-state index contributed by atoms with van der Waals surface area (Å²) >= 11 is 15.3. The smallest absolute Gasteiger partial charge is 0.174 e. The van der Waals surface area contributed by atoms with Crippen LogP contribution in [0.3, 0.4) is 0 Å². The van der Waals surface area contributed by atoms with Crippen molar-refractivity contribution < 1.29 is 5.11 Å². The van der Waals surface area contributed by atoms with Gasteiger partial charge in [0.05, 0.1) is 11.5 Å². The van der Waals surface area contributed by atoms with Gasteiger partial charge < -0.3 is 15.3 Å². The van der Waals surface area contributed by atoms with E-state index in [1.165, 1.54) is 4.88 Å². The average Bonchev–Trinajstić information content (AvgIpc) is 3.29. The number of hydrogen-bond donors (Lipinski definition) is 2. The fraction of sp³-hybridized carbons (Fsp3) is 0.350. The highest BCUT2D eigenvalue weighted by Crippen LogP contribution is 2.41. The topological polar surface area (TPSA) is 35.5 Å². The van der Waals surface area contributed by atoms with Crippen LogP contribution in [0.1, 0.15) is 29.0 Å². The summed E-state index contributed by atoms with van der Waals surface area (Å²) in [6.07, 6.45) is 0. The summed E-state index contributed by atoms with van der Waals surface area (Å²) in [5.41, 5.74) is 0.507. The number of thiophene rings is 1. The number of aliphatic hydroxyl groups is 1. The molecule has 0 aliphatic carbocycles. The van der Waals surface area contributed by atoms with E-state index in [-0.39, 0.29) is 17.4 Å². The van der Waals surface area contributed by atoms with Crippen molar-refractivity contribution in [3.8, 4) is 11.8 Å². The number of benzene rings is 1. The maximum atomic E-state index is 9.35. The number of thioether (sulfide) groups is 1. The minimum atomic E-state index is -0.388. The normalized spacial score (nSPS) is 16.7. The summed E-state index contributed by atoms with van der Waals surface area (Å²) in [6.45, 7) is 4.82. The lowest BCUT2D eigenvalue weighted by Gasteiger charge is -2.26. The molecule has 2 aromatic rings. The molecule has 1 aromatic carbocycles. The number of thiocarbonyl (C=S) groups is 1. The van der Waals surface area contributed by atoms with Gasteiger partial charge in [0, 0.05) is 33.3 Å². The van der Waals surface area contributed by atoms with Crippen molar-refractivity contribution in [2.24, 2.45) is 5.41 Å². The van der Waals surface area contributed by atoms with Gasteiger partial charge in [-0.3, -0.25) is 0 Å². The predicted molar refractivity (Wildman–Crippen MR) is 122 cm³/mol. The van der Waals surface area contributed by atoms with E-state index in [4.69, 9.17) is 23.8 Å². The molecular weight excluding hydrogens is 416 g/mol. The highest BCUT2D eigenvalue weighted by atomic mass is 35.5. The van der Waals surface area contributed by atoms with Crippen LogP contribution >= 0.6 is 46.9 Å². The Bertz CT molecular complexity index is 885. The van der Waals surface area contributed by atoms with E-state index in [0.29, 0.717) is 10.1 Å². The fourth-order valence-corrected chi connectivity index (χ4v) is 5.43. The lowest BCUT2D eigenvalue weighted by Crippen LogP contribution is -2.33. The van der Waals surface area contributed by atoms with Crippen molar-refractivity contribution in [1.82, 2.24) is 4.90 Å². The molecule has 0 bridgehead atoms. The number of anilines is 1. The van der Waals surface area contributed by atoms with Gasteiger partial charge in [0.15, 0.2) is 5.11 Å². The Balaban J connectivity index is 1.72. The summed E-state index contributed by atoms with van der Waals surface area (Å²) in [5, 5.41) is 14.2. The molecule has 0 spiro atoms. The van der Waals surface area contributed by atoms with Gasteiger partial charge in [-0.1, -0.05) is 29.5 Å². The lowest BCUT2D eigenvalue weighted by atomic mass is 9.96. The molecule has 0 amide bonds. The molecule has 142 valence electrons. The minimum absolute atomic E-state index is 0.0495. The Labute approximate surface area is 179 Å². The number of aliphatic hydroxyl groups excluding tert-OH is 1. The zero-order valence-electron chi connectivity index (χ0n) is 15.2. The molecule has 1 fully saturated rings. The number of nitrogens with zero attached hydrogens (tertiary/aromatic N) is 1. The van der Waals surface area contributed by atoms with Crippen LogP contribution < -0.4 is 5.32 Å². The SMILES string of the molecule is CC(C)(C#Cc1ccc([C@@H]2SCCN2C(=S)Nc2cccc(Cl)c2)s1)CO. The van der Waals surface area contributed by atoms with Gasteiger partial charge in [-0.25, -0.2) is 0 Å². The maximum Gasteiger partial charge on any atom is 0.174 e. The van der Waals surface area contributed by atoms with Crippen LogP contribution in [-0.4, -0.2) is 34.0 Å². The van der Waals surface area contributed by atoms with Gasteiger partial charge in [0.25, 0.3) is 0 Å². The Morgan fingerprint density at radius 2 is 2.22 bits per heavy atom. The molecule has 1 atom stereocenters. The summed E-state index contributed by atoms with van der Waals surface area (Å²) in [5.74, 6) is 7.35. The highest BCUT2D eigenvalue weighted by Gasteiger charge is 2.30. The second-order valence-corrected chi connectivity index (χ2v) is 9.98. The first-order chi connectivity index (χ1) is 12.9. The molecule has 3 nitrogen and oxygen atoms in total. The molecule has 0 radical (unpaired) electrons. The largest absolute Gasteiger partial charge is 0.395 e. The molecule has 1 aliphatic rings. The van der Waals surface area contributed by atoms with Crippen LogP contribution in [0.2, 0.25) is 5.02 Å². The van der Waals surface area contributed by atoms with E-state index < -0.39 is 0 Å². The molecule has 7 heteroatoms. The second-order valence-electron chi connectivity index (χ2n) is 6.85. The van der Waals surface area contributed by atoms with Crippen LogP contribution in [0.15, 0.2) is 36.4 Å². The molecule has 1 saturated heterocycles. The molecule has 0 saturated carbocycles. The number of nitrogens with one attached hydrogen (secondary N) is 1. The van der Waals surface area contributed by atoms with Crippen molar-refractivity contribution in [2.75, 3.05) is 24.2 Å². The molecule has 2 N–H and O–H groups in total. The third kappa shape index (κ3) is 5.40. The van der Waals surface area contributed by atoms with Crippen molar-refractivity contribution >= 4 is 57.7 Å². The molecular formula is C20H21ClN2OS3. The summed E-state index contributed by atoms with van der Waals surface area (Å²) in [6, 6.07) is 11.7. The second kappa shape index (κ2) is 8.85. The van der Waals surface area contributed by atoms with E-state index in [1.807, 2.05) is 55.9 Å². The first-order valence-corrected chi connectivity index (χ1v) is 11.2. The zero-order chi connectivity index (χ0) is 19.4. The van der Waals surface area contributed by atoms with E-state index in [0.717, 1.165) is 22.9 Å². The van der Waals surface area contributed by atoms with Crippen LogP contribution in [0, 0.1) is 17.3 Å². The Kier molecular flexibility index (Phi) is 6.72. The van der Waals surface area contributed by atoms with Crippen molar-refractivity contribution in [3.05, 3.63) is 51.2 Å². The standard InChI is InChI=1S/C20H21ClN2OS3/c1-20(2,13-24)9-8-16-6-7-17(27-16)18-23(10-11-26-18)19(25)22-15-5-3-4-14(21)12-15/h3-7,12,18,24H,10-11,13H2,1-2H3,(H,22,25)/t18-/m0/s1. The molecule has 2 heterocycles. The van der Waals surface area contributed by atoms with Crippen LogP contribution in [-0.2, 0) is 0 Å².